The van der Waals surface area contributed by atoms with Gasteiger partial charge in [0, 0.05) is 17.3 Å². The molecule has 2 aromatic rings. The van der Waals surface area contributed by atoms with Gasteiger partial charge in [-0.2, -0.15) is 0 Å². The Morgan fingerprint density at radius 2 is 1.92 bits per heavy atom. The lowest BCUT2D eigenvalue weighted by Gasteiger charge is -2.09. The van der Waals surface area contributed by atoms with Gasteiger partial charge in [0.2, 0.25) is 5.91 Å². The molecule has 0 saturated heterocycles. The number of benzene rings is 2. The quantitative estimate of drug-likeness (QED) is 0.674. The van der Waals surface area contributed by atoms with Crippen LogP contribution in [0, 0.1) is 0 Å². The van der Waals surface area contributed by atoms with Crippen molar-refractivity contribution in [2.24, 2.45) is 0 Å². The first-order valence-electron chi connectivity index (χ1n) is 7.90. The van der Waals surface area contributed by atoms with Crippen LogP contribution in [-0.2, 0) is 17.0 Å². The number of methoxy groups -OCH3 is 1. The van der Waals surface area contributed by atoms with Crippen LogP contribution in [0.15, 0.2) is 48.5 Å². The first-order valence-corrected chi connectivity index (χ1v) is 9.43. The third-order valence-corrected chi connectivity index (χ3v) is 4.81. The van der Waals surface area contributed by atoms with Gasteiger partial charge in [-0.15, -0.1) is 11.8 Å². The normalized spacial score (nSPS) is 10.4. The lowest BCUT2D eigenvalue weighted by Crippen LogP contribution is -2.26. The highest BCUT2D eigenvalue weighted by molar-refractivity contribution is 7.99. The molecule has 0 aliphatic rings. The Labute approximate surface area is 152 Å². The fourth-order valence-corrected chi connectivity index (χ4v) is 3.25. The Hall–Kier alpha value is -1.65. The summed E-state index contributed by atoms with van der Waals surface area (Å²) in [7, 11) is 1.68. The highest BCUT2D eigenvalue weighted by Gasteiger charge is 2.04. The SMILES string of the molecule is COc1ccccc1CCCNC(=O)CSCc1ccc(Cl)cc1. The zero-order chi connectivity index (χ0) is 17.2. The summed E-state index contributed by atoms with van der Waals surface area (Å²) >= 11 is 7.46. The van der Waals surface area contributed by atoms with Crippen molar-refractivity contribution in [2.45, 2.75) is 18.6 Å². The molecule has 0 bridgehead atoms. The third kappa shape index (κ3) is 6.46. The van der Waals surface area contributed by atoms with Gasteiger partial charge in [-0.1, -0.05) is 41.9 Å². The lowest BCUT2D eigenvalue weighted by atomic mass is 10.1. The van der Waals surface area contributed by atoms with E-state index in [1.54, 1.807) is 18.9 Å². The van der Waals surface area contributed by atoms with Gasteiger partial charge in [-0.05, 0) is 42.2 Å². The Balaban J connectivity index is 1.60. The molecule has 0 spiro atoms. The average molecular weight is 364 g/mol. The van der Waals surface area contributed by atoms with E-state index in [-0.39, 0.29) is 5.91 Å². The summed E-state index contributed by atoms with van der Waals surface area (Å²) < 4.78 is 5.33. The van der Waals surface area contributed by atoms with E-state index in [0.29, 0.717) is 12.3 Å². The highest BCUT2D eigenvalue weighted by Crippen LogP contribution is 2.18. The fourth-order valence-electron chi connectivity index (χ4n) is 2.31. The van der Waals surface area contributed by atoms with E-state index in [0.717, 1.165) is 29.4 Å². The summed E-state index contributed by atoms with van der Waals surface area (Å²) in [5.41, 5.74) is 2.35. The molecule has 3 nitrogen and oxygen atoms in total. The van der Waals surface area contributed by atoms with Gasteiger partial charge < -0.3 is 10.1 Å². The number of nitrogens with one attached hydrogen (secondary N) is 1. The first kappa shape index (κ1) is 18.7. The predicted octanol–water partition coefficient (Wildman–Crippen LogP) is 4.33. The number of rotatable bonds is 9. The molecular formula is C19H22ClNO2S. The van der Waals surface area contributed by atoms with E-state index in [4.69, 9.17) is 16.3 Å². The molecule has 2 aromatic carbocycles. The Morgan fingerprint density at radius 1 is 1.17 bits per heavy atom. The maximum absolute atomic E-state index is 11.8. The second-order valence-corrected chi connectivity index (χ2v) is 6.81. The molecule has 0 saturated carbocycles. The minimum absolute atomic E-state index is 0.0778. The van der Waals surface area contributed by atoms with Gasteiger partial charge in [-0.25, -0.2) is 0 Å². The second kappa shape index (κ2) is 10.3. The molecule has 0 aromatic heterocycles. The van der Waals surface area contributed by atoms with Crippen LogP contribution in [0.1, 0.15) is 17.5 Å². The number of carbonyl (C=O) groups excluding carboxylic acids is 1. The monoisotopic (exact) mass is 363 g/mol. The van der Waals surface area contributed by atoms with E-state index in [2.05, 4.69) is 11.4 Å². The van der Waals surface area contributed by atoms with E-state index >= 15 is 0 Å². The molecule has 0 atom stereocenters. The van der Waals surface area contributed by atoms with Crippen LogP contribution in [0.5, 0.6) is 5.75 Å². The lowest BCUT2D eigenvalue weighted by molar-refractivity contribution is -0.118. The Kier molecular flexibility index (Phi) is 7.99. The zero-order valence-electron chi connectivity index (χ0n) is 13.8. The van der Waals surface area contributed by atoms with Crippen molar-refractivity contribution in [3.05, 3.63) is 64.7 Å². The van der Waals surface area contributed by atoms with Gasteiger partial charge in [0.05, 0.1) is 12.9 Å². The van der Waals surface area contributed by atoms with E-state index < -0.39 is 0 Å². The number of hydrogen-bond acceptors (Lipinski definition) is 3. The summed E-state index contributed by atoms with van der Waals surface area (Å²) in [4.78, 5) is 11.8. The Bertz CT molecular complexity index is 646. The van der Waals surface area contributed by atoms with Crippen LogP contribution >= 0.6 is 23.4 Å². The van der Waals surface area contributed by atoms with Crippen molar-refractivity contribution in [3.8, 4) is 5.75 Å². The molecule has 1 amide bonds. The largest absolute Gasteiger partial charge is 0.496 e. The molecule has 5 heteroatoms. The van der Waals surface area contributed by atoms with Crippen LogP contribution in [0.3, 0.4) is 0 Å². The van der Waals surface area contributed by atoms with Gasteiger partial charge in [0.25, 0.3) is 0 Å². The van der Waals surface area contributed by atoms with Crippen molar-refractivity contribution >= 4 is 29.3 Å². The molecule has 0 aliphatic carbocycles. The highest BCUT2D eigenvalue weighted by atomic mass is 35.5. The average Bonchev–Trinajstić information content (AvgIpc) is 2.61. The maximum atomic E-state index is 11.8. The number of aryl methyl sites for hydroxylation is 1. The first-order chi connectivity index (χ1) is 11.7. The summed E-state index contributed by atoms with van der Waals surface area (Å²) in [6.45, 7) is 0.679. The van der Waals surface area contributed by atoms with Gasteiger partial charge in [0.15, 0.2) is 0 Å². The molecular weight excluding hydrogens is 342 g/mol. The van der Waals surface area contributed by atoms with E-state index in [9.17, 15) is 4.79 Å². The summed E-state index contributed by atoms with van der Waals surface area (Å²) in [5, 5.41) is 3.70. The fraction of sp³-hybridized carbons (Fsp3) is 0.316. The number of carbonyl (C=O) groups is 1. The molecule has 0 unspecified atom stereocenters. The van der Waals surface area contributed by atoms with Crippen LogP contribution < -0.4 is 10.1 Å². The molecule has 0 radical (unpaired) electrons. The summed E-state index contributed by atoms with van der Waals surface area (Å²) in [6.07, 6.45) is 1.79. The summed E-state index contributed by atoms with van der Waals surface area (Å²) in [6, 6.07) is 15.7. The molecule has 0 fully saturated rings. The number of halogens is 1. The molecule has 0 heterocycles. The van der Waals surface area contributed by atoms with Crippen molar-refractivity contribution in [3.63, 3.8) is 0 Å². The zero-order valence-corrected chi connectivity index (χ0v) is 15.3. The molecule has 128 valence electrons. The van der Waals surface area contributed by atoms with Crippen molar-refractivity contribution in [1.82, 2.24) is 5.32 Å². The Morgan fingerprint density at radius 3 is 2.67 bits per heavy atom. The van der Waals surface area contributed by atoms with Crippen LogP contribution in [0.2, 0.25) is 5.02 Å². The third-order valence-electron chi connectivity index (χ3n) is 3.55. The molecule has 24 heavy (non-hydrogen) atoms. The second-order valence-electron chi connectivity index (χ2n) is 5.38. The maximum Gasteiger partial charge on any atom is 0.230 e. The summed E-state index contributed by atoms with van der Waals surface area (Å²) in [5.74, 6) is 2.26. The van der Waals surface area contributed by atoms with Crippen molar-refractivity contribution in [2.75, 3.05) is 19.4 Å². The number of ether oxygens (including phenoxy) is 1. The molecule has 0 aliphatic heterocycles. The van der Waals surface area contributed by atoms with E-state index in [1.165, 1.54) is 11.1 Å². The number of hydrogen-bond donors (Lipinski definition) is 1. The predicted molar refractivity (Wildman–Crippen MR) is 102 cm³/mol. The minimum atomic E-state index is 0.0778. The number of amides is 1. The molecule has 1 N–H and O–H groups in total. The van der Waals surface area contributed by atoms with Gasteiger partial charge >= 0.3 is 0 Å². The number of para-hydroxylation sites is 1. The minimum Gasteiger partial charge on any atom is -0.496 e. The van der Waals surface area contributed by atoms with Crippen molar-refractivity contribution < 1.29 is 9.53 Å². The van der Waals surface area contributed by atoms with Crippen LogP contribution in [0.25, 0.3) is 0 Å². The van der Waals surface area contributed by atoms with Gasteiger partial charge in [0.1, 0.15) is 5.75 Å². The van der Waals surface area contributed by atoms with Crippen LogP contribution in [0.4, 0.5) is 0 Å². The van der Waals surface area contributed by atoms with E-state index in [1.807, 2.05) is 42.5 Å². The standard InChI is InChI=1S/C19H22ClNO2S/c1-23-18-7-3-2-5-16(18)6-4-12-21-19(22)14-24-13-15-8-10-17(20)11-9-15/h2-3,5,7-11H,4,6,12-14H2,1H3,(H,21,22). The molecule has 2 rings (SSSR count). The topological polar surface area (TPSA) is 38.3 Å². The van der Waals surface area contributed by atoms with Crippen molar-refractivity contribution in [1.29, 1.82) is 0 Å². The van der Waals surface area contributed by atoms with Gasteiger partial charge in [-0.3, -0.25) is 4.79 Å². The number of thioether (sulfide) groups is 1. The van der Waals surface area contributed by atoms with Crippen LogP contribution in [-0.4, -0.2) is 25.3 Å². The smallest absolute Gasteiger partial charge is 0.230 e.